The minimum Gasteiger partial charge on any atom is -0.397 e. The quantitative estimate of drug-likeness (QED) is 0.702. The topological polar surface area (TPSA) is 56.2 Å². The van der Waals surface area contributed by atoms with Crippen LogP contribution in [0.2, 0.25) is 0 Å². The molecule has 82 valence electrons. The Bertz CT molecular complexity index is 395. The first kappa shape index (κ1) is 11.8. The summed E-state index contributed by atoms with van der Waals surface area (Å²) in [6.07, 6.45) is 2.69. The Kier molecular flexibility index (Phi) is 4.87. The number of aromatic nitrogens is 1. The highest BCUT2D eigenvalue weighted by Crippen LogP contribution is 2.17. The van der Waals surface area contributed by atoms with Gasteiger partial charge < -0.3 is 15.2 Å². The maximum absolute atomic E-state index is 8.78. The molecule has 3 nitrogen and oxygen atoms in total. The second-order valence-electron chi connectivity index (χ2n) is 3.15. The molecule has 3 heteroatoms. The minimum absolute atomic E-state index is 0.210. The fraction of sp³-hybridized carbons (Fsp3) is 0.333. The minimum atomic E-state index is 0.210. The van der Waals surface area contributed by atoms with E-state index < -0.39 is 0 Å². The summed E-state index contributed by atoms with van der Waals surface area (Å²) in [7, 11) is 0. The zero-order chi connectivity index (χ0) is 11.1. The van der Waals surface area contributed by atoms with E-state index in [0.29, 0.717) is 0 Å². The highest BCUT2D eigenvalue weighted by atomic mass is 16.3. The average Bonchev–Trinajstić information content (AvgIpc) is 2.64. The van der Waals surface area contributed by atoms with Gasteiger partial charge in [0.25, 0.3) is 0 Å². The Balaban J connectivity index is 0.000000337. The zero-order valence-electron chi connectivity index (χ0n) is 8.90. The molecule has 1 aromatic heterocycles. The maximum Gasteiger partial charge on any atom is 0.0472 e. The normalized spacial score (nSPS) is 9.80. The van der Waals surface area contributed by atoms with Gasteiger partial charge in [0.1, 0.15) is 0 Å². The lowest BCUT2D eigenvalue weighted by atomic mass is 10.1. The highest BCUT2D eigenvalue weighted by molar-refractivity contribution is 5.82. The molecule has 0 aliphatic rings. The lowest BCUT2D eigenvalue weighted by molar-refractivity contribution is 0.300. The van der Waals surface area contributed by atoms with E-state index in [2.05, 4.69) is 11.1 Å². The van der Waals surface area contributed by atoms with Crippen molar-refractivity contribution >= 4 is 10.9 Å². The number of aromatic amines is 1. The molecule has 1 heterocycles. The van der Waals surface area contributed by atoms with Gasteiger partial charge in [0, 0.05) is 30.3 Å². The van der Waals surface area contributed by atoms with Crippen LogP contribution in [0.3, 0.4) is 0 Å². The van der Waals surface area contributed by atoms with Gasteiger partial charge in [0.05, 0.1) is 0 Å². The highest BCUT2D eigenvalue weighted by Gasteiger charge is 2.00. The van der Waals surface area contributed by atoms with Gasteiger partial charge in [-0.1, -0.05) is 18.2 Å². The number of rotatable bonds is 2. The second kappa shape index (κ2) is 6.22. The largest absolute Gasteiger partial charge is 0.397 e. The predicted octanol–water partition coefficient (Wildman–Crippen LogP) is 1.70. The van der Waals surface area contributed by atoms with Crippen molar-refractivity contribution in [3.05, 3.63) is 36.0 Å². The van der Waals surface area contributed by atoms with Crippen LogP contribution in [0.25, 0.3) is 10.9 Å². The zero-order valence-corrected chi connectivity index (χ0v) is 8.90. The van der Waals surface area contributed by atoms with Gasteiger partial charge in [-0.25, -0.2) is 0 Å². The van der Waals surface area contributed by atoms with E-state index in [1.54, 1.807) is 6.92 Å². The number of aliphatic hydroxyl groups excluding tert-OH is 2. The van der Waals surface area contributed by atoms with E-state index in [1.165, 1.54) is 10.9 Å². The summed E-state index contributed by atoms with van der Waals surface area (Å²) < 4.78 is 0. The molecule has 0 atom stereocenters. The van der Waals surface area contributed by atoms with Gasteiger partial charge >= 0.3 is 0 Å². The van der Waals surface area contributed by atoms with Crippen LogP contribution in [-0.2, 0) is 6.42 Å². The number of nitrogens with one attached hydrogen (secondary N) is 1. The van der Waals surface area contributed by atoms with Gasteiger partial charge in [0.15, 0.2) is 0 Å². The summed E-state index contributed by atoms with van der Waals surface area (Å²) in [6, 6.07) is 8.12. The summed E-state index contributed by atoms with van der Waals surface area (Å²) in [5, 5.41) is 17.6. The summed E-state index contributed by atoms with van der Waals surface area (Å²) in [4.78, 5) is 3.16. The molecule has 15 heavy (non-hydrogen) atoms. The first-order chi connectivity index (χ1) is 7.33. The Hall–Kier alpha value is -1.32. The third-order valence-corrected chi connectivity index (χ3v) is 2.06. The Morgan fingerprint density at radius 3 is 2.53 bits per heavy atom. The van der Waals surface area contributed by atoms with E-state index in [9.17, 15) is 0 Å². The molecule has 0 fully saturated rings. The van der Waals surface area contributed by atoms with Crippen LogP contribution in [0.15, 0.2) is 30.5 Å². The van der Waals surface area contributed by atoms with Crippen LogP contribution in [0.5, 0.6) is 0 Å². The van der Waals surface area contributed by atoms with Crippen molar-refractivity contribution in [2.24, 2.45) is 0 Å². The van der Waals surface area contributed by atoms with Gasteiger partial charge in [-0.2, -0.15) is 0 Å². The van der Waals surface area contributed by atoms with Crippen LogP contribution in [0.1, 0.15) is 12.5 Å². The summed E-state index contributed by atoms with van der Waals surface area (Å²) in [6.45, 7) is 2.14. The Morgan fingerprint density at radius 2 is 1.87 bits per heavy atom. The molecule has 0 saturated carbocycles. The molecule has 0 aliphatic carbocycles. The molecule has 0 spiro atoms. The lowest BCUT2D eigenvalue weighted by Crippen LogP contribution is -1.87. The number of hydrogen-bond acceptors (Lipinski definition) is 2. The van der Waals surface area contributed by atoms with E-state index in [-0.39, 0.29) is 13.2 Å². The molecule has 2 aromatic rings. The molecule has 3 N–H and O–H groups in total. The van der Waals surface area contributed by atoms with Crippen molar-refractivity contribution in [1.29, 1.82) is 0 Å². The second-order valence-corrected chi connectivity index (χ2v) is 3.15. The third kappa shape index (κ3) is 3.08. The van der Waals surface area contributed by atoms with Crippen LogP contribution in [0, 0.1) is 0 Å². The first-order valence-electron chi connectivity index (χ1n) is 5.10. The van der Waals surface area contributed by atoms with Crippen molar-refractivity contribution in [2.45, 2.75) is 13.3 Å². The summed E-state index contributed by atoms with van der Waals surface area (Å²) in [5.74, 6) is 0. The predicted molar refractivity (Wildman–Crippen MR) is 61.8 cm³/mol. The van der Waals surface area contributed by atoms with Crippen molar-refractivity contribution in [1.82, 2.24) is 4.98 Å². The van der Waals surface area contributed by atoms with Gasteiger partial charge in [0.2, 0.25) is 0 Å². The molecule has 0 aliphatic heterocycles. The van der Waals surface area contributed by atoms with E-state index in [4.69, 9.17) is 10.2 Å². The number of aliphatic hydroxyl groups is 2. The smallest absolute Gasteiger partial charge is 0.0472 e. The summed E-state index contributed by atoms with van der Waals surface area (Å²) >= 11 is 0. The fourth-order valence-corrected chi connectivity index (χ4v) is 1.46. The monoisotopic (exact) mass is 207 g/mol. The molecule has 0 unspecified atom stereocenters. The number of para-hydroxylation sites is 1. The maximum atomic E-state index is 8.78. The van der Waals surface area contributed by atoms with Crippen LogP contribution < -0.4 is 0 Å². The van der Waals surface area contributed by atoms with Gasteiger partial charge in [-0.15, -0.1) is 0 Å². The Morgan fingerprint density at radius 1 is 1.20 bits per heavy atom. The van der Waals surface area contributed by atoms with Crippen molar-refractivity contribution in [3.8, 4) is 0 Å². The van der Waals surface area contributed by atoms with E-state index in [0.717, 1.165) is 11.9 Å². The van der Waals surface area contributed by atoms with Crippen LogP contribution in [-0.4, -0.2) is 28.4 Å². The molecule has 0 saturated heterocycles. The lowest BCUT2D eigenvalue weighted by Gasteiger charge is -1.93. The molecule has 0 bridgehead atoms. The molecule has 0 amide bonds. The van der Waals surface area contributed by atoms with Gasteiger partial charge in [-0.3, -0.25) is 0 Å². The summed E-state index contributed by atoms with van der Waals surface area (Å²) in [5.41, 5.74) is 2.33. The van der Waals surface area contributed by atoms with Crippen LogP contribution >= 0.6 is 0 Å². The molecular formula is C12H17NO2. The SMILES string of the molecule is CCO.OCCc1c[nH]c2ccccc12. The van der Waals surface area contributed by atoms with Crippen LogP contribution in [0.4, 0.5) is 0 Å². The van der Waals surface area contributed by atoms with Crippen molar-refractivity contribution < 1.29 is 10.2 Å². The number of H-pyrrole nitrogens is 1. The standard InChI is InChI=1S/C10H11NO.C2H6O/c12-6-5-8-7-11-10-4-2-1-3-9(8)10;1-2-3/h1-4,7,11-12H,5-6H2;3H,2H2,1H3. The van der Waals surface area contributed by atoms with E-state index in [1.807, 2.05) is 24.4 Å². The van der Waals surface area contributed by atoms with Gasteiger partial charge in [-0.05, 0) is 25.0 Å². The average molecular weight is 207 g/mol. The molecule has 1 aromatic carbocycles. The van der Waals surface area contributed by atoms with E-state index >= 15 is 0 Å². The molecule has 0 radical (unpaired) electrons. The molecule has 2 rings (SSSR count). The number of benzene rings is 1. The molecular weight excluding hydrogens is 190 g/mol. The number of hydrogen-bond donors (Lipinski definition) is 3. The number of fused-ring (bicyclic) bond motifs is 1. The van der Waals surface area contributed by atoms with Crippen molar-refractivity contribution in [2.75, 3.05) is 13.2 Å². The third-order valence-electron chi connectivity index (χ3n) is 2.06. The van der Waals surface area contributed by atoms with Crippen molar-refractivity contribution in [3.63, 3.8) is 0 Å². The fourth-order valence-electron chi connectivity index (χ4n) is 1.46. The first-order valence-corrected chi connectivity index (χ1v) is 5.10. The Labute approximate surface area is 89.4 Å².